The van der Waals surface area contributed by atoms with Crippen molar-refractivity contribution in [2.45, 2.75) is 17.7 Å². The molecule has 0 saturated heterocycles. The zero-order valence-electron chi connectivity index (χ0n) is 7.59. The second kappa shape index (κ2) is 5.24. The van der Waals surface area contributed by atoms with E-state index in [1.807, 2.05) is 6.92 Å². The summed E-state index contributed by atoms with van der Waals surface area (Å²) in [7, 11) is 4.76. The molecule has 5 heteroatoms. The van der Waals surface area contributed by atoms with E-state index in [0.29, 0.717) is 0 Å². The van der Waals surface area contributed by atoms with Crippen molar-refractivity contribution in [3.63, 3.8) is 0 Å². The Morgan fingerprint density at radius 1 is 1.18 bits per heavy atom. The molecule has 0 aliphatic rings. The van der Waals surface area contributed by atoms with Gasteiger partial charge in [-0.2, -0.15) is 0 Å². The molecule has 2 N–H and O–H groups in total. The van der Waals surface area contributed by atoms with Crippen LogP contribution in [0, 0.1) is 0 Å². The summed E-state index contributed by atoms with van der Waals surface area (Å²) in [6, 6.07) is 0. The zero-order chi connectivity index (χ0) is 8.91. The molecule has 0 bridgehead atoms. The van der Waals surface area contributed by atoms with Gasteiger partial charge < -0.3 is 0 Å². The van der Waals surface area contributed by atoms with Crippen LogP contribution in [0.4, 0.5) is 0 Å². The van der Waals surface area contributed by atoms with Gasteiger partial charge in [0.15, 0.2) is 0 Å². The van der Waals surface area contributed by atoms with Gasteiger partial charge in [0.2, 0.25) is 0 Å². The predicted molar refractivity (Wildman–Crippen MR) is 39.3 cm³/mol. The van der Waals surface area contributed by atoms with Gasteiger partial charge >= 0.3 is 72.5 Å². The molecule has 0 fully saturated rings. The van der Waals surface area contributed by atoms with Gasteiger partial charge in [0, 0.05) is 0 Å². The summed E-state index contributed by atoms with van der Waals surface area (Å²) < 4.78 is 15.5. The molecule has 0 saturated carbocycles. The molecule has 0 aromatic heterocycles. The van der Waals surface area contributed by atoms with Crippen molar-refractivity contribution in [1.82, 2.24) is 0 Å². The minimum atomic E-state index is -3.05. The third kappa shape index (κ3) is 2.51. The molecule has 0 heterocycles. The van der Waals surface area contributed by atoms with Crippen molar-refractivity contribution >= 4 is 0 Å². The van der Waals surface area contributed by atoms with Crippen molar-refractivity contribution < 1.29 is 27.7 Å². The summed E-state index contributed by atoms with van der Waals surface area (Å²) in [5.41, 5.74) is 5.79. The van der Waals surface area contributed by atoms with Gasteiger partial charge in [0.05, 0.1) is 0 Å². The van der Waals surface area contributed by atoms with E-state index in [0.717, 1.165) is 6.42 Å². The fourth-order valence-corrected chi connectivity index (χ4v) is 3.93. The molecule has 0 aromatic carbocycles. The first kappa shape index (κ1) is 11.6. The molecular formula is C6H17NO3Ti. The van der Waals surface area contributed by atoms with E-state index in [1.165, 1.54) is 0 Å². The molecule has 0 aliphatic carbocycles. The minimum absolute atomic E-state index is 0.0880. The second-order valence-electron chi connectivity index (χ2n) is 2.23. The van der Waals surface area contributed by atoms with Crippen LogP contribution >= 0.6 is 0 Å². The number of rotatable bonds is 5. The zero-order valence-corrected chi connectivity index (χ0v) is 9.15. The molecule has 0 aromatic rings. The SMILES string of the molecule is CC[CH](N)[Ti]([O]C)([O]C)[O]C. The quantitative estimate of drug-likeness (QED) is 0.655. The number of hydrogen-bond donors (Lipinski definition) is 1. The molecule has 0 aliphatic heterocycles. The van der Waals surface area contributed by atoms with Gasteiger partial charge in [-0.3, -0.25) is 0 Å². The normalized spacial score (nSPS) is 15.0. The first-order valence-electron chi connectivity index (χ1n) is 3.57. The van der Waals surface area contributed by atoms with Gasteiger partial charge in [-0.15, -0.1) is 0 Å². The standard InChI is InChI=1S/C3H8N.3CH3O.Ti/c1-2-3-4;3*1-2;/h3H,2,4H2,1H3;3*1H3;/q;3*-1;+3. The second-order valence-corrected chi connectivity index (χ2v) is 7.19. The molecule has 11 heavy (non-hydrogen) atoms. The summed E-state index contributed by atoms with van der Waals surface area (Å²) in [5.74, 6) is 0. The fourth-order valence-electron chi connectivity index (χ4n) is 0.954. The Morgan fingerprint density at radius 3 is 1.64 bits per heavy atom. The molecule has 0 rings (SSSR count). The van der Waals surface area contributed by atoms with Crippen molar-refractivity contribution in [2.24, 2.45) is 5.73 Å². The monoisotopic (exact) mass is 199 g/mol. The molecule has 0 amide bonds. The van der Waals surface area contributed by atoms with Gasteiger partial charge in [-0.25, -0.2) is 0 Å². The number of nitrogens with two attached hydrogens (primary N) is 1. The van der Waals surface area contributed by atoms with Crippen LogP contribution in [0.3, 0.4) is 0 Å². The summed E-state index contributed by atoms with van der Waals surface area (Å²) in [6.45, 7) is 1.99. The summed E-state index contributed by atoms with van der Waals surface area (Å²) in [6.07, 6.45) is 0.815. The van der Waals surface area contributed by atoms with Gasteiger partial charge in [0.1, 0.15) is 0 Å². The Morgan fingerprint density at radius 2 is 1.55 bits per heavy atom. The Bertz CT molecular complexity index is 99.7. The molecule has 0 radical (unpaired) electrons. The van der Waals surface area contributed by atoms with Gasteiger partial charge in [-0.05, 0) is 0 Å². The summed E-state index contributed by atoms with van der Waals surface area (Å²) in [5, 5.41) is 0. The third-order valence-corrected chi connectivity index (χ3v) is 6.47. The van der Waals surface area contributed by atoms with Crippen LogP contribution in [0.25, 0.3) is 0 Å². The summed E-state index contributed by atoms with van der Waals surface area (Å²) in [4.78, 5) is 0. The predicted octanol–water partition coefficient (Wildman–Crippen LogP) is 0.519. The van der Waals surface area contributed by atoms with Crippen LogP contribution < -0.4 is 5.73 Å². The van der Waals surface area contributed by atoms with E-state index in [-0.39, 0.29) is 4.35 Å². The van der Waals surface area contributed by atoms with E-state index < -0.39 is 17.8 Å². The molecular weight excluding hydrogens is 182 g/mol. The topological polar surface area (TPSA) is 53.7 Å². The first-order chi connectivity index (χ1) is 5.16. The van der Waals surface area contributed by atoms with E-state index in [4.69, 9.17) is 15.7 Å². The van der Waals surface area contributed by atoms with E-state index in [9.17, 15) is 0 Å². The van der Waals surface area contributed by atoms with Crippen LogP contribution in [-0.2, 0) is 27.7 Å². The van der Waals surface area contributed by atoms with Crippen LogP contribution in [0.1, 0.15) is 13.3 Å². The van der Waals surface area contributed by atoms with Crippen molar-refractivity contribution in [1.29, 1.82) is 0 Å². The number of hydrogen-bond acceptors (Lipinski definition) is 4. The van der Waals surface area contributed by atoms with Crippen molar-refractivity contribution in [2.75, 3.05) is 21.3 Å². The Kier molecular flexibility index (Phi) is 5.51. The molecule has 0 spiro atoms. The van der Waals surface area contributed by atoms with E-state index in [2.05, 4.69) is 0 Å². The van der Waals surface area contributed by atoms with Crippen LogP contribution in [-0.4, -0.2) is 25.7 Å². The first-order valence-corrected chi connectivity index (χ1v) is 6.39. The van der Waals surface area contributed by atoms with Gasteiger partial charge in [-0.1, -0.05) is 0 Å². The maximum atomic E-state index is 5.79. The van der Waals surface area contributed by atoms with Crippen molar-refractivity contribution in [3.05, 3.63) is 0 Å². The van der Waals surface area contributed by atoms with Crippen molar-refractivity contribution in [3.8, 4) is 0 Å². The van der Waals surface area contributed by atoms with E-state index >= 15 is 0 Å². The third-order valence-electron chi connectivity index (χ3n) is 1.75. The molecule has 4 nitrogen and oxygen atoms in total. The molecule has 1 unspecified atom stereocenters. The van der Waals surface area contributed by atoms with Crippen LogP contribution in [0.5, 0.6) is 0 Å². The molecule has 1 atom stereocenters. The fraction of sp³-hybridized carbons (Fsp3) is 1.00. The maximum absolute atomic E-state index is 5.79. The Balaban J connectivity index is 4.26. The Hall–Kier alpha value is 0.554. The summed E-state index contributed by atoms with van der Waals surface area (Å²) >= 11 is -3.05. The molecule has 68 valence electrons. The Labute approximate surface area is 72.8 Å². The average Bonchev–Trinajstić information content (AvgIpc) is 2.08. The van der Waals surface area contributed by atoms with Crippen LogP contribution in [0.15, 0.2) is 0 Å². The van der Waals surface area contributed by atoms with E-state index in [1.54, 1.807) is 21.3 Å². The average molecular weight is 199 g/mol. The van der Waals surface area contributed by atoms with Gasteiger partial charge in [0.25, 0.3) is 0 Å². The van der Waals surface area contributed by atoms with Crippen LogP contribution in [0.2, 0.25) is 0 Å².